The van der Waals surface area contributed by atoms with Gasteiger partial charge in [-0.1, -0.05) is 0 Å². The van der Waals surface area contributed by atoms with Gasteiger partial charge < -0.3 is 4.90 Å². The molecule has 1 saturated heterocycles. The van der Waals surface area contributed by atoms with Gasteiger partial charge in [-0.05, 0) is 44.7 Å². The van der Waals surface area contributed by atoms with Crippen LogP contribution in [0.15, 0.2) is 36.9 Å². The molecule has 130 valence electrons. The largest absolute Gasteiger partial charge is 0.334 e. The molecule has 1 atom stereocenters. The van der Waals surface area contributed by atoms with E-state index in [4.69, 9.17) is 0 Å². The predicted molar refractivity (Wildman–Crippen MR) is 93.2 cm³/mol. The van der Waals surface area contributed by atoms with Crippen LogP contribution in [0.25, 0.3) is 5.78 Å². The van der Waals surface area contributed by atoms with Gasteiger partial charge in [0.2, 0.25) is 5.78 Å². The molecule has 1 aliphatic rings. The molecule has 3 aromatic heterocycles. The van der Waals surface area contributed by atoms with Crippen molar-refractivity contribution in [3.05, 3.63) is 48.3 Å². The Labute approximate surface area is 146 Å². The van der Waals surface area contributed by atoms with Crippen LogP contribution in [0.5, 0.6) is 0 Å². The molecule has 0 spiro atoms. The summed E-state index contributed by atoms with van der Waals surface area (Å²) in [6.45, 7) is 3.51. The molecule has 4 rings (SSSR count). The summed E-state index contributed by atoms with van der Waals surface area (Å²) in [5.41, 5.74) is 1.37. The molecular weight excluding hydrogens is 316 g/mol. The van der Waals surface area contributed by atoms with Crippen molar-refractivity contribution in [2.75, 3.05) is 6.54 Å². The van der Waals surface area contributed by atoms with Gasteiger partial charge in [-0.25, -0.2) is 9.97 Å². The number of nitrogens with zero attached hydrogens (tertiary/aromatic N) is 6. The Kier molecular flexibility index (Phi) is 4.21. The van der Waals surface area contributed by atoms with Crippen LogP contribution < -0.4 is 0 Å². The Morgan fingerprint density at radius 1 is 1.24 bits per heavy atom. The first-order valence-electron chi connectivity index (χ1n) is 8.82. The Hall–Kier alpha value is -2.70. The van der Waals surface area contributed by atoms with E-state index in [1.165, 1.54) is 6.42 Å². The zero-order chi connectivity index (χ0) is 17.2. The topological polar surface area (TPSA) is 68.3 Å². The van der Waals surface area contributed by atoms with Gasteiger partial charge in [0, 0.05) is 43.9 Å². The van der Waals surface area contributed by atoms with E-state index in [2.05, 4.69) is 15.1 Å². The number of fused-ring (bicyclic) bond motifs is 1. The van der Waals surface area contributed by atoms with Gasteiger partial charge in [0.25, 0.3) is 5.91 Å². The summed E-state index contributed by atoms with van der Waals surface area (Å²) in [4.78, 5) is 24.0. The third kappa shape index (κ3) is 3.01. The summed E-state index contributed by atoms with van der Waals surface area (Å²) in [5.74, 6) is 0.636. The molecule has 0 bridgehead atoms. The Morgan fingerprint density at radius 2 is 2.12 bits per heavy atom. The first-order chi connectivity index (χ1) is 12.2. The van der Waals surface area contributed by atoms with Crippen LogP contribution in [0.2, 0.25) is 0 Å². The summed E-state index contributed by atoms with van der Waals surface area (Å²) >= 11 is 0. The zero-order valence-corrected chi connectivity index (χ0v) is 14.4. The van der Waals surface area contributed by atoms with Gasteiger partial charge in [-0.15, -0.1) is 0 Å². The third-order valence-electron chi connectivity index (χ3n) is 4.92. The van der Waals surface area contributed by atoms with Crippen molar-refractivity contribution in [2.24, 2.45) is 0 Å². The van der Waals surface area contributed by atoms with E-state index in [-0.39, 0.29) is 11.9 Å². The van der Waals surface area contributed by atoms with E-state index in [9.17, 15) is 4.79 Å². The van der Waals surface area contributed by atoms with E-state index < -0.39 is 0 Å². The second-order valence-electron chi connectivity index (χ2n) is 6.54. The Bertz CT molecular complexity index is 869. The molecule has 7 heteroatoms. The molecule has 1 aliphatic heterocycles. The van der Waals surface area contributed by atoms with E-state index in [0.29, 0.717) is 11.5 Å². The van der Waals surface area contributed by atoms with Crippen molar-refractivity contribution in [1.29, 1.82) is 0 Å². The van der Waals surface area contributed by atoms with Gasteiger partial charge >= 0.3 is 0 Å². The molecular formula is C18H22N6O. The third-order valence-corrected chi connectivity index (χ3v) is 4.92. The number of likely N-dealkylation sites (tertiary alicyclic amines) is 1. The highest BCUT2D eigenvalue weighted by molar-refractivity contribution is 5.94. The fourth-order valence-electron chi connectivity index (χ4n) is 3.67. The lowest BCUT2D eigenvalue weighted by atomic mass is 9.98. The Balaban J connectivity index is 1.58. The summed E-state index contributed by atoms with van der Waals surface area (Å²) < 4.78 is 3.73. The minimum absolute atomic E-state index is 0.0585. The fourth-order valence-corrected chi connectivity index (χ4v) is 3.67. The second-order valence-corrected chi connectivity index (χ2v) is 6.54. The van der Waals surface area contributed by atoms with Crippen LogP contribution >= 0.6 is 0 Å². The summed E-state index contributed by atoms with van der Waals surface area (Å²) in [7, 11) is 0. The smallest absolute Gasteiger partial charge is 0.273 e. The van der Waals surface area contributed by atoms with Crippen molar-refractivity contribution in [3.63, 3.8) is 0 Å². The standard InChI is InChI=1S/C18H22N6O/c1-14-16(24-12-4-8-19-18(24)21-14)17(25)23-11-3-2-6-15(23)7-13-22-10-5-9-20-22/h4-5,8-10,12,15H,2-3,6-7,11,13H2,1H3. The number of aryl methyl sites for hydroxylation is 2. The summed E-state index contributed by atoms with van der Waals surface area (Å²) in [6, 6.07) is 4.00. The van der Waals surface area contributed by atoms with Gasteiger partial charge in [-0.2, -0.15) is 5.10 Å². The van der Waals surface area contributed by atoms with Crippen LogP contribution in [0.3, 0.4) is 0 Å². The van der Waals surface area contributed by atoms with Gasteiger partial charge in [0.05, 0.1) is 5.69 Å². The molecule has 3 aromatic rings. The SMILES string of the molecule is Cc1nc2ncccn2c1C(=O)N1CCCCC1CCn1cccn1. The second kappa shape index (κ2) is 6.66. The minimum atomic E-state index is 0.0585. The number of aromatic nitrogens is 5. The average molecular weight is 338 g/mol. The summed E-state index contributed by atoms with van der Waals surface area (Å²) in [5, 5.41) is 4.27. The predicted octanol–water partition coefficient (Wildman–Crippen LogP) is 2.32. The monoisotopic (exact) mass is 338 g/mol. The van der Waals surface area contributed by atoms with E-state index in [1.54, 1.807) is 16.8 Å². The highest BCUT2D eigenvalue weighted by atomic mass is 16.2. The molecule has 25 heavy (non-hydrogen) atoms. The average Bonchev–Trinajstić information content (AvgIpc) is 3.26. The fraction of sp³-hybridized carbons (Fsp3) is 0.444. The number of carbonyl (C=O) groups is 1. The van der Waals surface area contributed by atoms with E-state index in [1.807, 2.05) is 41.0 Å². The highest BCUT2D eigenvalue weighted by Crippen LogP contribution is 2.24. The van der Waals surface area contributed by atoms with Crippen LogP contribution in [0, 0.1) is 6.92 Å². The zero-order valence-electron chi connectivity index (χ0n) is 14.4. The molecule has 7 nitrogen and oxygen atoms in total. The molecule has 0 saturated carbocycles. The number of amides is 1. The molecule has 0 aromatic carbocycles. The van der Waals surface area contributed by atoms with Crippen molar-refractivity contribution in [1.82, 2.24) is 29.0 Å². The molecule has 4 heterocycles. The number of rotatable bonds is 4. The van der Waals surface area contributed by atoms with Crippen molar-refractivity contribution < 1.29 is 4.79 Å². The van der Waals surface area contributed by atoms with Crippen molar-refractivity contribution in [2.45, 2.75) is 45.2 Å². The first kappa shape index (κ1) is 15.8. The van der Waals surface area contributed by atoms with E-state index in [0.717, 1.165) is 38.0 Å². The number of hydrogen-bond donors (Lipinski definition) is 0. The Morgan fingerprint density at radius 3 is 2.96 bits per heavy atom. The lowest BCUT2D eigenvalue weighted by Crippen LogP contribution is -2.44. The number of hydrogen-bond acceptors (Lipinski definition) is 4. The van der Waals surface area contributed by atoms with Crippen LogP contribution in [0.1, 0.15) is 41.9 Å². The lowest BCUT2D eigenvalue weighted by molar-refractivity contribution is 0.0586. The summed E-state index contributed by atoms with van der Waals surface area (Å²) in [6.07, 6.45) is 11.5. The molecule has 1 unspecified atom stereocenters. The lowest BCUT2D eigenvalue weighted by Gasteiger charge is -2.36. The van der Waals surface area contributed by atoms with Crippen LogP contribution in [-0.4, -0.2) is 47.5 Å². The quantitative estimate of drug-likeness (QED) is 0.732. The number of piperidine rings is 1. The van der Waals surface area contributed by atoms with Gasteiger partial charge in [0.15, 0.2) is 0 Å². The molecule has 0 radical (unpaired) electrons. The van der Waals surface area contributed by atoms with Crippen LogP contribution in [0.4, 0.5) is 0 Å². The normalized spacial score (nSPS) is 18.0. The maximum absolute atomic E-state index is 13.3. The number of imidazole rings is 1. The molecule has 1 amide bonds. The molecule has 0 N–H and O–H groups in total. The van der Waals surface area contributed by atoms with E-state index >= 15 is 0 Å². The maximum atomic E-state index is 13.3. The maximum Gasteiger partial charge on any atom is 0.273 e. The van der Waals surface area contributed by atoms with Crippen molar-refractivity contribution in [3.8, 4) is 0 Å². The first-order valence-corrected chi connectivity index (χ1v) is 8.82. The van der Waals surface area contributed by atoms with Crippen LogP contribution in [-0.2, 0) is 6.54 Å². The number of carbonyl (C=O) groups excluding carboxylic acids is 1. The molecule has 1 fully saturated rings. The van der Waals surface area contributed by atoms with Crippen molar-refractivity contribution >= 4 is 11.7 Å². The van der Waals surface area contributed by atoms with Gasteiger partial charge in [-0.3, -0.25) is 13.9 Å². The molecule has 0 aliphatic carbocycles. The highest BCUT2D eigenvalue weighted by Gasteiger charge is 2.30. The van der Waals surface area contributed by atoms with Gasteiger partial charge in [0.1, 0.15) is 5.69 Å². The minimum Gasteiger partial charge on any atom is -0.334 e.